The average molecular weight is 544 g/mol. The van der Waals surface area contributed by atoms with Crippen LogP contribution in [0.1, 0.15) is 55.8 Å². The van der Waals surface area contributed by atoms with Crippen LogP contribution in [-0.4, -0.2) is 36.1 Å². The van der Waals surface area contributed by atoms with E-state index < -0.39 is 44.0 Å². The Hall–Kier alpha value is -2.43. The lowest BCUT2D eigenvalue weighted by Crippen LogP contribution is -2.48. The molecule has 2 aliphatic rings. The number of amides is 1. The number of carbonyl (C=O) groups is 2. The Labute approximate surface area is 211 Å². The molecule has 0 radical (unpaired) electrons. The third-order valence-electron chi connectivity index (χ3n) is 7.43. The van der Waals surface area contributed by atoms with Gasteiger partial charge in [0.15, 0.2) is 27.3 Å². The van der Waals surface area contributed by atoms with Gasteiger partial charge in [-0.05, 0) is 69.1 Å². The summed E-state index contributed by atoms with van der Waals surface area (Å²) in [5.74, 6) is -6.10. The molecule has 4 rings (SSSR count). The Morgan fingerprint density at radius 2 is 1.67 bits per heavy atom. The Kier molecular flexibility index (Phi) is 7.24. The van der Waals surface area contributed by atoms with Crippen molar-refractivity contribution in [3.05, 3.63) is 58.4 Å². The summed E-state index contributed by atoms with van der Waals surface area (Å²) in [5, 5.41) is 12.5. The van der Waals surface area contributed by atoms with Crippen LogP contribution in [0, 0.1) is 29.3 Å². The number of carbonyl (C=O) groups excluding carboxylic acids is 2. The largest absolute Gasteiger partial charge is 0.389 e. The van der Waals surface area contributed by atoms with Crippen molar-refractivity contribution in [1.82, 2.24) is 0 Å². The zero-order valence-corrected chi connectivity index (χ0v) is 20.9. The van der Waals surface area contributed by atoms with E-state index in [1.54, 1.807) is 0 Å². The molecule has 11 heteroatoms. The maximum Gasteiger partial charge on any atom is 0.255 e. The number of hydrogen-bond acceptors (Lipinski definition) is 5. The van der Waals surface area contributed by atoms with Crippen LogP contribution in [0.5, 0.6) is 0 Å². The standard InChI is InChI=1S/C25H25ClF3NO5S/c1-13(31)6-7-25(33)15-3-4-16(25)10-18(9-15)36(34,35)22-8-14(2-5-19(22)26)24(32)30-17-11-20(27)23(29)21(28)12-17/h2,5,8,11-12,15-16,18,33H,3-4,6-7,9-10H2,1H3,(H,30,32)/t15-,16?,18?,25?/m0/s1. The number of fused-ring (bicyclic) bond motifs is 2. The molecule has 36 heavy (non-hydrogen) atoms. The van der Waals surface area contributed by atoms with Gasteiger partial charge < -0.3 is 15.2 Å². The molecule has 2 bridgehead atoms. The van der Waals surface area contributed by atoms with E-state index in [0.29, 0.717) is 31.4 Å². The van der Waals surface area contributed by atoms with Crippen LogP contribution in [-0.2, 0) is 14.6 Å². The lowest BCUT2D eigenvalue weighted by atomic mass is 9.71. The first-order chi connectivity index (χ1) is 16.8. The molecule has 0 aliphatic heterocycles. The van der Waals surface area contributed by atoms with Gasteiger partial charge in [-0.2, -0.15) is 0 Å². The Morgan fingerprint density at radius 3 is 2.22 bits per heavy atom. The monoisotopic (exact) mass is 543 g/mol. The zero-order chi connectivity index (χ0) is 26.4. The van der Waals surface area contributed by atoms with Crippen molar-refractivity contribution >= 4 is 38.8 Å². The van der Waals surface area contributed by atoms with Gasteiger partial charge in [-0.15, -0.1) is 0 Å². The van der Waals surface area contributed by atoms with Crippen LogP contribution < -0.4 is 5.32 Å². The Balaban J connectivity index is 1.57. The van der Waals surface area contributed by atoms with E-state index in [2.05, 4.69) is 5.32 Å². The van der Waals surface area contributed by atoms with Gasteiger partial charge in [-0.25, -0.2) is 21.6 Å². The van der Waals surface area contributed by atoms with E-state index in [1.165, 1.54) is 19.1 Å². The van der Waals surface area contributed by atoms with Crippen molar-refractivity contribution in [3.63, 3.8) is 0 Å². The molecule has 3 unspecified atom stereocenters. The first-order valence-electron chi connectivity index (χ1n) is 11.5. The lowest BCUT2D eigenvalue weighted by Gasteiger charge is -2.42. The van der Waals surface area contributed by atoms with Gasteiger partial charge in [-0.3, -0.25) is 4.79 Å². The topological polar surface area (TPSA) is 101 Å². The molecule has 0 aromatic heterocycles. The lowest BCUT2D eigenvalue weighted by molar-refractivity contribution is -0.120. The van der Waals surface area contributed by atoms with Crippen LogP contribution in [0.15, 0.2) is 35.2 Å². The van der Waals surface area contributed by atoms with Crippen molar-refractivity contribution in [1.29, 1.82) is 0 Å². The minimum absolute atomic E-state index is 0.0365. The van der Waals surface area contributed by atoms with Crippen molar-refractivity contribution in [2.75, 3.05) is 5.32 Å². The number of rotatable bonds is 7. The van der Waals surface area contributed by atoms with E-state index in [-0.39, 0.29) is 58.1 Å². The highest BCUT2D eigenvalue weighted by Gasteiger charge is 2.55. The number of ketones is 1. The normalized spacial score (nSPS) is 25.6. The van der Waals surface area contributed by atoms with Gasteiger partial charge in [0.25, 0.3) is 5.91 Å². The van der Waals surface area contributed by atoms with Crippen LogP contribution in [0.25, 0.3) is 0 Å². The predicted octanol–water partition coefficient (Wildman–Crippen LogP) is 5.07. The summed E-state index contributed by atoms with van der Waals surface area (Å²) in [4.78, 5) is 23.9. The van der Waals surface area contributed by atoms with Crippen molar-refractivity contribution in [2.24, 2.45) is 11.8 Å². The number of hydrogen-bond donors (Lipinski definition) is 2. The molecule has 2 fully saturated rings. The minimum atomic E-state index is -4.01. The molecule has 0 saturated heterocycles. The molecule has 4 atom stereocenters. The number of halogens is 4. The summed E-state index contributed by atoms with van der Waals surface area (Å²) >= 11 is 6.21. The summed E-state index contributed by atoms with van der Waals surface area (Å²) < 4.78 is 67.3. The van der Waals surface area contributed by atoms with Gasteiger partial charge in [0.1, 0.15) is 5.78 Å². The average Bonchev–Trinajstić information content (AvgIpc) is 2.97. The Bertz CT molecular complexity index is 1300. The first kappa shape index (κ1) is 26.6. The van der Waals surface area contributed by atoms with Crippen molar-refractivity contribution < 1.29 is 36.3 Å². The molecular formula is C25H25ClF3NO5S. The first-order valence-corrected chi connectivity index (χ1v) is 13.5. The van der Waals surface area contributed by atoms with Gasteiger partial charge in [0, 0.05) is 29.8 Å². The molecule has 2 N–H and O–H groups in total. The fourth-order valence-electron chi connectivity index (χ4n) is 5.52. The van der Waals surface area contributed by atoms with Crippen molar-refractivity contribution in [3.8, 4) is 0 Å². The molecule has 1 amide bonds. The van der Waals surface area contributed by atoms with Crippen LogP contribution in [0.2, 0.25) is 5.02 Å². The van der Waals surface area contributed by atoms with E-state index in [4.69, 9.17) is 11.6 Å². The molecule has 2 aromatic carbocycles. The summed E-state index contributed by atoms with van der Waals surface area (Å²) in [6.07, 6.45) is 2.25. The second-order valence-electron chi connectivity index (χ2n) is 9.66. The highest BCUT2D eigenvalue weighted by molar-refractivity contribution is 7.92. The molecule has 0 heterocycles. The maximum absolute atomic E-state index is 13.6. The number of anilines is 1. The van der Waals surface area contributed by atoms with Gasteiger partial charge >= 0.3 is 0 Å². The van der Waals surface area contributed by atoms with Crippen molar-refractivity contribution in [2.45, 2.75) is 61.2 Å². The number of nitrogens with one attached hydrogen (secondary N) is 1. The van der Waals surface area contributed by atoms with E-state index in [0.717, 1.165) is 6.07 Å². The second kappa shape index (κ2) is 9.79. The van der Waals surface area contributed by atoms with Gasteiger partial charge in [0.2, 0.25) is 0 Å². The quantitative estimate of drug-likeness (QED) is 0.475. The Morgan fingerprint density at radius 1 is 1.08 bits per heavy atom. The van der Waals surface area contributed by atoms with Gasteiger partial charge in [0.05, 0.1) is 20.8 Å². The molecule has 2 aliphatic carbocycles. The number of aliphatic hydroxyl groups is 1. The molecular weight excluding hydrogens is 519 g/mol. The highest BCUT2D eigenvalue weighted by Crippen LogP contribution is 2.54. The summed E-state index contributed by atoms with van der Waals surface area (Å²) in [6, 6.07) is 4.82. The fourth-order valence-corrected chi connectivity index (χ4v) is 7.92. The molecule has 2 aromatic rings. The minimum Gasteiger partial charge on any atom is -0.389 e. The van der Waals surface area contributed by atoms with Crippen LogP contribution in [0.3, 0.4) is 0 Å². The predicted molar refractivity (Wildman–Crippen MR) is 127 cm³/mol. The SMILES string of the molecule is CC(=O)CCC1(O)C2CC[C@H]1CC(S(=O)(=O)c1cc(C(=O)Nc3cc(F)c(F)c(F)c3)ccc1Cl)C2. The van der Waals surface area contributed by atoms with Gasteiger partial charge in [-0.1, -0.05) is 11.6 Å². The highest BCUT2D eigenvalue weighted by atomic mass is 35.5. The second-order valence-corrected chi connectivity index (χ2v) is 12.3. The fraction of sp³-hybridized carbons (Fsp3) is 0.440. The third kappa shape index (κ3) is 4.90. The van der Waals surface area contributed by atoms with Crippen LogP contribution in [0.4, 0.5) is 18.9 Å². The third-order valence-corrected chi connectivity index (χ3v) is 10.1. The summed E-state index contributed by atoms with van der Waals surface area (Å²) in [6.45, 7) is 1.45. The summed E-state index contributed by atoms with van der Waals surface area (Å²) in [5.41, 5.74) is -1.55. The molecule has 0 spiro atoms. The van der Waals surface area contributed by atoms with Crippen LogP contribution >= 0.6 is 11.6 Å². The molecule has 6 nitrogen and oxygen atoms in total. The maximum atomic E-state index is 13.6. The number of sulfone groups is 1. The number of Topliss-reactive ketones (excluding diaryl/α,β-unsaturated/α-hetero) is 1. The summed E-state index contributed by atoms with van der Waals surface area (Å²) in [7, 11) is -4.01. The molecule has 194 valence electrons. The smallest absolute Gasteiger partial charge is 0.255 e. The zero-order valence-electron chi connectivity index (χ0n) is 19.4. The van der Waals surface area contributed by atoms with E-state index in [1.807, 2.05) is 0 Å². The molecule has 2 saturated carbocycles. The van der Waals surface area contributed by atoms with E-state index in [9.17, 15) is 36.3 Å². The van der Waals surface area contributed by atoms with E-state index >= 15 is 0 Å². The number of benzene rings is 2.